The van der Waals surface area contributed by atoms with Crippen molar-refractivity contribution in [1.82, 2.24) is 29.2 Å². The number of piperidine rings is 1. The zero-order chi connectivity index (χ0) is 15.5. The van der Waals surface area contributed by atoms with Crippen molar-refractivity contribution >= 4 is 5.91 Å². The first kappa shape index (κ1) is 14.7. The van der Waals surface area contributed by atoms with Gasteiger partial charge in [-0.05, 0) is 18.8 Å². The maximum atomic E-state index is 13.0. The van der Waals surface area contributed by atoms with Crippen LogP contribution in [0.15, 0.2) is 31.4 Å². The van der Waals surface area contributed by atoms with Crippen LogP contribution in [0.25, 0.3) is 0 Å². The van der Waals surface area contributed by atoms with E-state index in [1.807, 2.05) is 31.3 Å². The van der Waals surface area contributed by atoms with Crippen molar-refractivity contribution in [3.8, 4) is 0 Å². The van der Waals surface area contributed by atoms with E-state index < -0.39 is 0 Å². The molecule has 1 aliphatic heterocycles. The summed E-state index contributed by atoms with van der Waals surface area (Å²) >= 11 is 0. The van der Waals surface area contributed by atoms with Crippen molar-refractivity contribution in [1.29, 1.82) is 0 Å². The van der Waals surface area contributed by atoms with E-state index in [0.29, 0.717) is 6.04 Å². The Labute approximate surface area is 130 Å². The average Bonchev–Trinajstić information content (AvgIpc) is 3.21. The van der Waals surface area contributed by atoms with E-state index >= 15 is 0 Å². The fraction of sp³-hybridized carbons (Fsp3) is 0.600. The Kier molecular flexibility index (Phi) is 4.22. The van der Waals surface area contributed by atoms with Crippen molar-refractivity contribution < 1.29 is 4.79 Å². The number of aromatic nitrogens is 5. The molecular weight excluding hydrogens is 280 g/mol. The molecule has 22 heavy (non-hydrogen) atoms. The fourth-order valence-corrected chi connectivity index (χ4v) is 3.14. The normalized spacial score (nSPS) is 20.3. The zero-order valence-electron chi connectivity index (χ0n) is 13.0. The minimum absolute atomic E-state index is 0.130. The number of hydrogen-bond donors (Lipinski definition) is 0. The number of nitrogens with zero attached hydrogens (tertiary/aromatic N) is 6. The van der Waals surface area contributed by atoms with Gasteiger partial charge in [-0.25, -0.2) is 14.6 Å². The third kappa shape index (κ3) is 2.88. The van der Waals surface area contributed by atoms with Crippen LogP contribution in [-0.2, 0) is 4.79 Å². The second-order valence-electron chi connectivity index (χ2n) is 6.15. The number of imidazole rings is 1. The number of hydrogen-bond acceptors (Lipinski definition) is 4. The van der Waals surface area contributed by atoms with Crippen LogP contribution in [0.3, 0.4) is 0 Å². The minimum Gasteiger partial charge on any atom is -0.339 e. The van der Waals surface area contributed by atoms with Gasteiger partial charge in [0.1, 0.15) is 18.7 Å². The summed E-state index contributed by atoms with van der Waals surface area (Å²) in [6.45, 7) is 5.62. The molecule has 0 saturated carbocycles. The summed E-state index contributed by atoms with van der Waals surface area (Å²) in [4.78, 5) is 23.0. The van der Waals surface area contributed by atoms with Gasteiger partial charge in [0.25, 0.3) is 0 Å². The van der Waals surface area contributed by atoms with Crippen molar-refractivity contribution in [2.24, 2.45) is 5.92 Å². The van der Waals surface area contributed by atoms with E-state index in [4.69, 9.17) is 0 Å². The standard InChI is InChI=1S/C15H22N6O/c1-12(2)14(21-11-17-9-18-21)15(22)19-6-3-4-13(8-19)20-7-5-16-10-20/h5,7,9-14H,3-4,6,8H2,1-2H3/t13-,14+/m0/s1. The van der Waals surface area contributed by atoms with Crippen LogP contribution in [0.4, 0.5) is 0 Å². The van der Waals surface area contributed by atoms with Gasteiger partial charge >= 0.3 is 0 Å². The van der Waals surface area contributed by atoms with Crippen LogP contribution >= 0.6 is 0 Å². The molecular formula is C15H22N6O. The molecule has 2 atom stereocenters. The number of amides is 1. The van der Waals surface area contributed by atoms with Crippen molar-refractivity contribution in [2.45, 2.75) is 38.8 Å². The lowest BCUT2D eigenvalue weighted by molar-refractivity contribution is -0.138. The lowest BCUT2D eigenvalue weighted by Gasteiger charge is -2.36. The SMILES string of the molecule is CC(C)[C@H](C(=O)N1CCC[C@H](n2ccnc2)C1)n1cncn1. The third-order valence-corrected chi connectivity index (χ3v) is 4.26. The Morgan fingerprint density at radius 2 is 2.14 bits per heavy atom. The van der Waals surface area contributed by atoms with E-state index in [1.54, 1.807) is 17.2 Å². The highest BCUT2D eigenvalue weighted by atomic mass is 16.2. The summed E-state index contributed by atoms with van der Waals surface area (Å²) < 4.78 is 3.77. The second kappa shape index (κ2) is 6.29. The van der Waals surface area contributed by atoms with Gasteiger partial charge in [0, 0.05) is 25.5 Å². The third-order valence-electron chi connectivity index (χ3n) is 4.26. The molecule has 0 radical (unpaired) electrons. The molecule has 2 aromatic rings. The van der Waals surface area contributed by atoms with Gasteiger partial charge in [-0.2, -0.15) is 5.10 Å². The lowest BCUT2D eigenvalue weighted by Crippen LogP contribution is -2.45. The predicted molar refractivity (Wildman–Crippen MR) is 81.0 cm³/mol. The van der Waals surface area contributed by atoms with E-state index in [9.17, 15) is 4.79 Å². The smallest absolute Gasteiger partial charge is 0.247 e. The van der Waals surface area contributed by atoms with Crippen LogP contribution in [0.1, 0.15) is 38.8 Å². The molecule has 3 rings (SSSR count). The van der Waals surface area contributed by atoms with Crippen molar-refractivity contribution in [3.63, 3.8) is 0 Å². The largest absolute Gasteiger partial charge is 0.339 e. The number of rotatable bonds is 4. The lowest BCUT2D eigenvalue weighted by atomic mass is 10.00. The molecule has 0 spiro atoms. The summed E-state index contributed by atoms with van der Waals surface area (Å²) in [5, 5.41) is 4.17. The van der Waals surface area contributed by atoms with E-state index in [1.165, 1.54) is 6.33 Å². The maximum Gasteiger partial charge on any atom is 0.247 e. The Bertz CT molecular complexity index is 592. The van der Waals surface area contributed by atoms with Gasteiger partial charge in [0.15, 0.2) is 0 Å². The quantitative estimate of drug-likeness (QED) is 0.859. The summed E-state index contributed by atoms with van der Waals surface area (Å²) in [6, 6.07) is 0.0211. The zero-order valence-corrected chi connectivity index (χ0v) is 13.0. The molecule has 0 aromatic carbocycles. The molecule has 1 fully saturated rings. The molecule has 1 aliphatic rings. The number of carbonyl (C=O) groups is 1. The Morgan fingerprint density at radius 1 is 1.27 bits per heavy atom. The summed E-state index contributed by atoms with van der Waals surface area (Å²) in [6.07, 6.45) is 10.8. The molecule has 7 nitrogen and oxygen atoms in total. The van der Waals surface area contributed by atoms with Gasteiger partial charge in [-0.1, -0.05) is 13.8 Å². The van der Waals surface area contributed by atoms with E-state index in [0.717, 1.165) is 25.9 Å². The minimum atomic E-state index is -0.288. The Balaban J connectivity index is 1.75. The van der Waals surface area contributed by atoms with Gasteiger partial charge in [0.2, 0.25) is 5.91 Å². The summed E-state index contributed by atoms with van der Waals surface area (Å²) in [5.74, 6) is 0.299. The molecule has 1 saturated heterocycles. The molecule has 0 bridgehead atoms. The highest BCUT2D eigenvalue weighted by molar-refractivity contribution is 5.80. The molecule has 2 aromatic heterocycles. The van der Waals surface area contributed by atoms with Gasteiger partial charge in [-0.3, -0.25) is 4.79 Å². The topological polar surface area (TPSA) is 68.8 Å². The van der Waals surface area contributed by atoms with Crippen LogP contribution < -0.4 is 0 Å². The average molecular weight is 302 g/mol. The molecule has 118 valence electrons. The van der Waals surface area contributed by atoms with E-state index in [2.05, 4.69) is 19.6 Å². The monoisotopic (exact) mass is 302 g/mol. The Morgan fingerprint density at radius 3 is 2.77 bits per heavy atom. The first-order chi connectivity index (χ1) is 10.7. The van der Waals surface area contributed by atoms with Crippen LogP contribution in [0.2, 0.25) is 0 Å². The highest BCUT2D eigenvalue weighted by Gasteiger charge is 2.32. The van der Waals surface area contributed by atoms with Crippen LogP contribution in [0.5, 0.6) is 0 Å². The maximum absolute atomic E-state index is 13.0. The first-order valence-electron chi connectivity index (χ1n) is 7.77. The summed E-state index contributed by atoms with van der Waals surface area (Å²) in [5.41, 5.74) is 0. The van der Waals surface area contributed by atoms with Gasteiger partial charge < -0.3 is 9.47 Å². The first-order valence-corrected chi connectivity index (χ1v) is 7.77. The molecule has 1 amide bonds. The predicted octanol–water partition coefficient (Wildman–Crippen LogP) is 1.54. The van der Waals surface area contributed by atoms with Crippen LogP contribution in [-0.4, -0.2) is 48.2 Å². The highest BCUT2D eigenvalue weighted by Crippen LogP contribution is 2.26. The Hall–Kier alpha value is -2.18. The number of carbonyl (C=O) groups excluding carboxylic acids is 1. The van der Waals surface area contributed by atoms with Crippen molar-refractivity contribution in [2.75, 3.05) is 13.1 Å². The number of likely N-dealkylation sites (tertiary alicyclic amines) is 1. The molecule has 0 unspecified atom stereocenters. The van der Waals surface area contributed by atoms with Crippen molar-refractivity contribution in [3.05, 3.63) is 31.4 Å². The van der Waals surface area contributed by atoms with E-state index in [-0.39, 0.29) is 17.9 Å². The second-order valence-corrected chi connectivity index (χ2v) is 6.15. The van der Waals surface area contributed by atoms with Gasteiger partial charge in [0.05, 0.1) is 12.4 Å². The molecule has 0 aliphatic carbocycles. The molecule has 0 N–H and O–H groups in total. The van der Waals surface area contributed by atoms with Crippen LogP contribution in [0, 0.1) is 5.92 Å². The molecule has 7 heteroatoms. The fourth-order valence-electron chi connectivity index (χ4n) is 3.14. The molecule has 3 heterocycles. The summed E-state index contributed by atoms with van der Waals surface area (Å²) in [7, 11) is 0. The van der Waals surface area contributed by atoms with Gasteiger partial charge in [-0.15, -0.1) is 0 Å².